The van der Waals surface area contributed by atoms with Gasteiger partial charge in [0.1, 0.15) is 5.75 Å². The van der Waals surface area contributed by atoms with Crippen molar-refractivity contribution in [2.45, 2.75) is 6.54 Å². The minimum absolute atomic E-state index is 0.566. The first-order valence-electron chi connectivity index (χ1n) is 6.81. The quantitative estimate of drug-likeness (QED) is 0.797. The summed E-state index contributed by atoms with van der Waals surface area (Å²) in [6.07, 6.45) is 3.56. The normalized spacial score (nSPS) is 10.6. The molecule has 3 rings (SSSR count). The van der Waals surface area contributed by atoms with Gasteiger partial charge < -0.3 is 15.0 Å². The largest absolute Gasteiger partial charge is 0.426 e. The molecule has 3 aromatic rings. The highest BCUT2D eigenvalue weighted by Crippen LogP contribution is 2.25. The second-order valence-corrected chi connectivity index (χ2v) is 4.85. The topological polar surface area (TPSA) is 53.1 Å². The van der Waals surface area contributed by atoms with Crippen LogP contribution in [0.3, 0.4) is 0 Å². The van der Waals surface area contributed by atoms with Crippen LogP contribution in [-0.2, 0) is 13.6 Å². The Morgan fingerprint density at radius 3 is 2.14 bits per heavy atom. The molecule has 106 valence electrons. The van der Waals surface area contributed by atoms with Gasteiger partial charge in [0, 0.05) is 26.0 Å². The van der Waals surface area contributed by atoms with Crippen LogP contribution in [0.15, 0.2) is 60.9 Å². The van der Waals surface area contributed by atoms with Gasteiger partial charge in [-0.3, -0.25) is 0 Å². The van der Waals surface area contributed by atoms with Crippen LogP contribution in [0.2, 0.25) is 0 Å². The number of benzene rings is 2. The zero-order valence-corrected chi connectivity index (χ0v) is 11.9. The van der Waals surface area contributed by atoms with Gasteiger partial charge in [0.05, 0.1) is 0 Å². The van der Waals surface area contributed by atoms with Crippen LogP contribution in [0, 0.1) is 0 Å². The molecule has 0 radical (unpaired) electrons. The highest BCUT2D eigenvalue weighted by molar-refractivity contribution is 5.64. The van der Waals surface area contributed by atoms with E-state index < -0.39 is 0 Å². The predicted octanol–water partition coefficient (Wildman–Crippen LogP) is 3.34. The molecule has 0 saturated heterocycles. The van der Waals surface area contributed by atoms with Crippen LogP contribution < -0.4 is 10.5 Å². The van der Waals surface area contributed by atoms with Crippen molar-refractivity contribution in [3.05, 3.63) is 66.5 Å². The van der Waals surface area contributed by atoms with Gasteiger partial charge in [-0.2, -0.15) is 0 Å². The second kappa shape index (κ2) is 5.81. The molecule has 0 unspecified atom stereocenters. The Morgan fingerprint density at radius 2 is 1.62 bits per heavy atom. The van der Waals surface area contributed by atoms with E-state index >= 15 is 0 Å². The SMILES string of the molecule is Cn1ccnc1Oc1ccc(-c2ccc(CN)cc2)cc1. The lowest BCUT2D eigenvalue weighted by molar-refractivity contribution is 0.425. The molecule has 0 aliphatic carbocycles. The van der Waals surface area contributed by atoms with Crippen LogP contribution >= 0.6 is 0 Å². The molecule has 4 nitrogen and oxygen atoms in total. The smallest absolute Gasteiger partial charge is 0.301 e. The van der Waals surface area contributed by atoms with Crippen LogP contribution in [0.25, 0.3) is 11.1 Å². The van der Waals surface area contributed by atoms with Crippen LogP contribution in [0.4, 0.5) is 0 Å². The summed E-state index contributed by atoms with van der Waals surface area (Å²) in [6, 6.07) is 16.8. The highest BCUT2D eigenvalue weighted by Gasteiger charge is 2.03. The number of nitrogens with zero attached hydrogens (tertiary/aromatic N) is 2. The minimum Gasteiger partial charge on any atom is -0.426 e. The maximum Gasteiger partial charge on any atom is 0.301 e. The zero-order valence-electron chi connectivity index (χ0n) is 11.9. The van der Waals surface area contributed by atoms with E-state index in [4.69, 9.17) is 10.5 Å². The summed E-state index contributed by atoms with van der Waals surface area (Å²) >= 11 is 0. The Labute approximate surface area is 123 Å². The number of rotatable bonds is 4. The lowest BCUT2D eigenvalue weighted by Crippen LogP contribution is -1.95. The van der Waals surface area contributed by atoms with Crippen LogP contribution in [0.5, 0.6) is 11.8 Å². The molecular weight excluding hydrogens is 262 g/mol. The molecule has 0 bridgehead atoms. The van der Waals surface area contributed by atoms with Crippen molar-refractivity contribution in [2.24, 2.45) is 12.8 Å². The predicted molar refractivity (Wildman–Crippen MR) is 83.1 cm³/mol. The van der Waals surface area contributed by atoms with E-state index in [1.165, 1.54) is 0 Å². The monoisotopic (exact) mass is 279 g/mol. The van der Waals surface area contributed by atoms with Crippen LogP contribution in [-0.4, -0.2) is 9.55 Å². The Kier molecular flexibility index (Phi) is 3.71. The van der Waals surface area contributed by atoms with Gasteiger partial charge in [-0.1, -0.05) is 36.4 Å². The Bertz CT molecular complexity index is 715. The molecule has 1 aromatic heterocycles. The number of ether oxygens (including phenoxy) is 1. The fraction of sp³-hybridized carbons (Fsp3) is 0.118. The molecule has 2 aromatic carbocycles. The summed E-state index contributed by atoms with van der Waals surface area (Å²) < 4.78 is 7.54. The average Bonchev–Trinajstić information content (AvgIpc) is 2.93. The van der Waals surface area contributed by atoms with Crippen molar-refractivity contribution < 1.29 is 4.74 Å². The lowest BCUT2D eigenvalue weighted by Gasteiger charge is -2.07. The Hall–Kier alpha value is -2.59. The van der Waals surface area contributed by atoms with Crippen molar-refractivity contribution in [3.63, 3.8) is 0 Å². The second-order valence-electron chi connectivity index (χ2n) is 4.85. The van der Waals surface area contributed by atoms with E-state index in [1.54, 1.807) is 6.20 Å². The minimum atomic E-state index is 0.566. The summed E-state index contributed by atoms with van der Waals surface area (Å²) in [5.74, 6) is 0.770. The van der Waals surface area contributed by atoms with Gasteiger partial charge >= 0.3 is 6.01 Å². The molecule has 0 spiro atoms. The number of hydrogen-bond acceptors (Lipinski definition) is 3. The third-order valence-corrected chi connectivity index (χ3v) is 3.36. The van der Waals surface area contributed by atoms with Gasteiger partial charge in [0.25, 0.3) is 0 Å². The number of nitrogens with two attached hydrogens (primary N) is 1. The van der Waals surface area contributed by atoms with Gasteiger partial charge in [-0.25, -0.2) is 4.98 Å². The molecule has 4 heteroatoms. The van der Waals surface area contributed by atoms with Crippen molar-refractivity contribution in [1.29, 1.82) is 0 Å². The highest BCUT2D eigenvalue weighted by atomic mass is 16.5. The van der Waals surface area contributed by atoms with Crippen molar-refractivity contribution in [1.82, 2.24) is 9.55 Å². The molecule has 0 aliphatic rings. The van der Waals surface area contributed by atoms with E-state index in [0.717, 1.165) is 22.4 Å². The number of imidazole rings is 1. The van der Waals surface area contributed by atoms with Crippen molar-refractivity contribution in [3.8, 4) is 22.9 Å². The molecule has 21 heavy (non-hydrogen) atoms. The molecule has 0 fully saturated rings. The third kappa shape index (κ3) is 2.95. The number of aromatic nitrogens is 2. The maximum absolute atomic E-state index is 5.71. The molecule has 1 heterocycles. The molecule has 0 amide bonds. The summed E-state index contributed by atoms with van der Waals surface area (Å²) in [7, 11) is 1.90. The summed E-state index contributed by atoms with van der Waals surface area (Å²) in [5.41, 5.74) is 9.05. The first kappa shape index (κ1) is 13.4. The number of aryl methyl sites for hydroxylation is 1. The van der Waals surface area contributed by atoms with Gasteiger partial charge in [0.2, 0.25) is 0 Å². The third-order valence-electron chi connectivity index (χ3n) is 3.36. The van der Waals surface area contributed by atoms with Gasteiger partial charge in [-0.15, -0.1) is 0 Å². The number of hydrogen-bond donors (Lipinski definition) is 1. The van der Waals surface area contributed by atoms with E-state index in [-0.39, 0.29) is 0 Å². The summed E-state index contributed by atoms with van der Waals surface area (Å²) in [4.78, 5) is 4.14. The zero-order chi connectivity index (χ0) is 14.7. The maximum atomic E-state index is 5.71. The van der Waals surface area contributed by atoms with E-state index in [2.05, 4.69) is 17.1 Å². The van der Waals surface area contributed by atoms with Crippen LogP contribution in [0.1, 0.15) is 5.56 Å². The lowest BCUT2D eigenvalue weighted by atomic mass is 10.0. The van der Waals surface area contributed by atoms with Crippen molar-refractivity contribution >= 4 is 0 Å². The first-order valence-corrected chi connectivity index (χ1v) is 6.81. The first-order chi connectivity index (χ1) is 10.3. The fourth-order valence-electron chi connectivity index (χ4n) is 2.10. The average molecular weight is 279 g/mol. The molecule has 0 atom stereocenters. The molecule has 0 aliphatic heterocycles. The Morgan fingerprint density at radius 1 is 1.00 bits per heavy atom. The summed E-state index contributed by atoms with van der Waals surface area (Å²) in [6.45, 7) is 0.566. The fourth-order valence-corrected chi connectivity index (χ4v) is 2.10. The molecule has 0 saturated carbocycles. The molecular formula is C17H17N3O. The van der Waals surface area contributed by atoms with Crippen molar-refractivity contribution in [2.75, 3.05) is 0 Å². The standard InChI is InChI=1S/C17H17N3O/c1-20-11-10-19-17(20)21-16-8-6-15(7-9-16)14-4-2-13(12-18)3-5-14/h2-11H,12,18H2,1H3. The molecule has 2 N–H and O–H groups in total. The van der Waals surface area contributed by atoms with Gasteiger partial charge in [0.15, 0.2) is 0 Å². The summed E-state index contributed by atoms with van der Waals surface area (Å²) in [5, 5.41) is 0. The van der Waals surface area contributed by atoms with E-state index in [1.807, 2.05) is 54.2 Å². The van der Waals surface area contributed by atoms with Gasteiger partial charge in [-0.05, 0) is 28.8 Å². The van der Waals surface area contributed by atoms with E-state index in [0.29, 0.717) is 12.6 Å². The van der Waals surface area contributed by atoms with E-state index in [9.17, 15) is 0 Å². The Balaban J connectivity index is 1.78.